The fourth-order valence-corrected chi connectivity index (χ4v) is 1.90. The molecule has 0 saturated heterocycles. The lowest BCUT2D eigenvalue weighted by Crippen LogP contribution is -2.14. The number of hydrogen-bond donors (Lipinski definition) is 2. The quantitative estimate of drug-likeness (QED) is 0.394. The lowest BCUT2D eigenvalue weighted by molar-refractivity contribution is 0.318. The van der Waals surface area contributed by atoms with Gasteiger partial charge in [0.2, 0.25) is 0 Å². The van der Waals surface area contributed by atoms with E-state index in [2.05, 4.69) is 26.1 Å². The molecule has 2 aromatic rings. The topological polar surface area (TPSA) is 80.7 Å². The zero-order chi connectivity index (χ0) is 13.8. The van der Waals surface area contributed by atoms with Crippen molar-refractivity contribution in [2.24, 2.45) is 10.9 Å². The van der Waals surface area contributed by atoms with E-state index < -0.39 is 0 Å². The molecule has 1 aromatic heterocycles. The summed E-state index contributed by atoms with van der Waals surface area (Å²) < 4.78 is 6.57. The molecule has 0 saturated carbocycles. The van der Waals surface area contributed by atoms with Crippen LogP contribution < -0.4 is 10.5 Å². The van der Waals surface area contributed by atoms with Crippen molar-refractivity contribution in [1.29, 1.82) is 0 Å². The summed E-state index contributed by atoms with van der Waals surface area (Å²) in [6.07, 6.45) is 1.69. The Hall–Kier alpha value is -2.08. The second-order valence-electron chi connectivity index (χ2n) is 3.81. The van der Waals surface area contributed by atoms with Gasteiger partial charge >= 0.3 is 0 Å². The van der Waals surface area contributed by atoms with E-state index in [9.17, 15) is 0 Å². The van der Waals surface area contributed by atoms with Gasteiger partial charge in [0.05, 0.1) is 11.3 Å². The molecular weight excluding hydrogens is 310 g/mol. The van der Waals surface area contributed by atoms with Crippen molar-refractivity contribution in [3.05, 3.63) is 52.3 Å². The summed E-state index contributed by atoms with van der Waals surface area (Å²) in [5.74, 6) is 1.10. The van der Waals surface area contributed by atoms with Crippen molar-refractivity contribution in [1.82, 2.24) is 4.98 Å². The Morgan fingerprint density at radius 3 is 2.84 bits per heavy atom. The highest BCUT2D eigenvalue weighted by Crippen LogP contribution is 2.29. The van der Waals surface area contributed by atoms with E-state index in [1.54, 1.807) is 30.5 Å². The van der Waals surface area contributed by atoms with Crippen molar-refractivity contribution in [2.75, 3.05) is 0 Å². The number of benzene rings is 1. The maximum Gasteiger partial charge on any atom is 0.173 e. The molecule has 0 atom stereocenters. The van der Waals surface area contributed by atoms with Gasteiger partial charge in [0.25, 0.3) is 0 Å². The lowest BCUT2D eigenvalue weighted by atomic mass is 10.2. The number of rotatable bonds is 3. The third kappa shape index (κ3) is 3.03. The Labute approximate surface area is 118 Å². The normalized spacial score (nSPS) is 11.4. The molecule has 0 fully saturated rings. The SMILES string of the molecule is Cc1ncccc1Oc1ccc(Br)cc1/C(N)=N/O. The standard InChI is InChI=1S/C13H12BrN3O2/c1-8-11(3-2-6-16-8)19-12-5-4-9(14)7-10(12)13(15)17-18/h2-7,18H,1H3,(H2,15,17). The number of nitrogens with zero attached hydrogens (tertiary/aromatic N) is 2. The molecule has 0 aliphatic heterocycles. The maximum atomic E-state index is 8.80. The molecule has 0 unspecified atom stereocenters. The van der Waals surface area contributed by atoms with Gasteiger partial charge < -0.3 is 15.7 Å². The van der Waals surface area contributed by atoms with Gasteiger partial charge in [0.1, 0.15) is 11.5 Å². The van der Waals surface area contributed by atoms with Gasteiger partial charge in [-0.1, -0.05) is 21.1 Å². The summed E-state index contributed by atoms with van der Waals surface area (Å²) in [4.78, 5) is 4.14. The Bertz CT molecular complexity index is 629. The summed E-state index contributed by atoms with van der Waals surface area (Å²) in [5, 5.41) is 11.8. The zero-order valence-electron chi connectivity index (χ0n) is 10.2. The Morgan fingerprint density at radius 1 is 1.37 bits per heavy atom. The molecule has 19 heavy (non-hydrogen) atoms. The highest BCUT2D eigenvalue weighted by Gasteiger charge is 2.11. The minimum atomic E-state index is -0.0159. The predicted octanol–water partition coefficient (Wildman–Crippen LogP) is 3.04. The maximum absolute atomic E-state index is 8.80. The molecule has 1 heterocycles. The minimum Gasteiger partial charge on any atom is -0.455 e. The molecule has 0 aliphatic carbocycles. The van der Waals surface area contributed by atoms with E-state index in [1.165, 1.54) is 0 Å². The van der Waals surface area contributed by atoms with Crippen LogP contribution in [0, 0.1) is 6.92 Å². The molecule has 3 N–H and O–H groups in total. The van der Waals surface area contributed by atoms with Gasteiger partial charge in [-0.2, -0.15) is 0 Å². The molecule has 6 heteroatoms. The van der Waals surface area contributed by atoms with Crippen LogP contribution in [0.3, 0.4) is 0 Å². The first-order valence-corrected chi connectivity index (χ1v) is 6.28. The van der Waals surface area contributed by atoms with Crippen molar-refractivity contribution in [3.63, 3.8) is 0 Å². The number of hydrogen-bond acceptors (Lipinski definition) is 4. The summed E-state index contributed by atoms with van der Waals surface area (Å²) in [5.41, 5.74) is 6.90. The summed E-state index contributed by atoms with van der Waals surface area (Å²) in [7, 11) is 0. The van der Waals surface area contributed by atoms with Gasteiger partial charge in [-0.3, -0.25) is 4.98 Å². The predicted molar refractivity (Wildman–Crippen MR) is 75.7 cm³/mol. The van der Waals surface area contributed by atoms with Crippen LogP contribution in [0.15, 0.2) is 46.2 Å². The number of ether oxygens (including phenoxy) is 1. The fraction of sp³-hybridized carbons (Fsp3) is 0.0769. The molecule has 0 bridgehead atoms. The molecular formula is C13H12BrN3O2. The van der Waals surface area contributed by atoms with Gasteiger partial charge in [-0.25, -0.2) is 0 Å². The molecule has 0 amide bonds. The highest BCUT2D eigenvalue weighted by atomic mass is 79.9. The first kappa shape index (κ1) is 13.4. The van der Waals surface area contributed by atoms with Crippen molar-refractivity contribution < 1.29 is 9.94 Å². The molecule has 0 aliphatic rings. The third-order valence-electron chi connectivity index (χ3n) is 2.50. The average Bonchev–Trinajstić information content (AvgIpc) is 2.42. The van der Waals surface area contributed by atoms with Gasteiger partial charge in [0.15, 0.2) is 5.84 Å². The van der Waals surface area contributed by atoms with Crippen LogP contribution in [-0.4, -0.2) is 16.0 Å². The Kier molecular flexibility index (Phi) is 4.01. The lowest BCUT2D eigenvalue weighted by Gasteiger charge is -2.11. The van der Waals surface area contributed by atoms with Crippen LogP contribution in [0.25, 0.3) is 0 Å². The van der Waals surface area contributed by atoms with Crippen molar-refractivity contribution in [3.8, 4) is 11.5 Å². The smallest absolute Gasteiger partial charge is 0.173 e. The van der Waals surface area contributed by atoms with Gasteiger partial charge in [-0.15, -0.1) is 0 Å². The van der Waals surface area contributed by atoms with Crippen molar-refractivity contribution in [2.45, 2.75) is 6.92 Å². The Morgan fingerprint density at radius 2 is 2.16 bits per heavy atom. The minimum absolute atomic E-state index is 0.0159. The summed E-state index contributed by atoms with van der Waals surface area (Å²) >= 11 is 3.33. The van der Waals surface area contributed by atoms with E-state index in [-0.39, 0.29) is 5.84 Å². The van der Waals surface area contributed by atoms with E-state index in [0.717, 1.165) is 10.2 Å². The first-order chi connectivity index (χ1) is 9.11. The van der Waals surface area contributed by atoms with Gasteiger partial charge in [-0.05, 0) is 37.3 Å². The molecule has 1 aromatic carbocycles. The molecule has 0 spiro atoms. The zero-order valence-corrected chi connectivity index (χ0v) is 11.8. The number of aryl methyl sites for hydroxylation is 1. The molecule has 5 nitrogen and oxygen atoms in total. The number of aromatic nitrogens is 1. The second kappa shape index (κ2) is 5.71. The van der Waals surface area contributed by atoms with E-state index in [4.69, 9.17) is 15.7 Å². The number of halogens is 1. The van der Waals surface area contributed by atoms with Crippen molar-refractivity contribution >= 4 is 21.8 Å². The number of amidine groups is 1. The summed E-state index contributed by atoms with van der Waals surface area (Å²) in [6.45, 7) is 1.84. The number of nitrogens with two attached hydrogens (primary N) is 1. The van der Waals surface area contributed by atoms with Gasteiger partial charge in [0, 0.05) is 10.7 Å². The molecule has 0 radical (unpaired) electrons. The summed E-state index contributed by atoms with van der Waals surface area (Å²) in [6, 6.07) is 8.86. The van der Waals surface area contributed by atoms with E-state index in [1.807, 2.05) is 13.0 Å². The monoisotopic (exact) mass is 321 g/mol. The highest BCUT2D eigenvalue weighted by molar-refractivity contribution is 9.10. The van der Waals surface area contributed by atoms with E-state index in [0.29, 0.717) is 17.1 Å². The van der Waals surface area contributed by atoms with Crippen LogP contribution in [0.2, 0.25) is 0 Å². The number of oxime groups is 1. The largest absolute Gasteiger partial charge is 0.455 e. The fourth-order valence-electron chi connectivity index (χ4n) is 1.54. The van der Waals surface area contributed by atoms with Crippen LogP contribution in [0.1, 0.15) is 11.3 Å². The van der Waals surface area contributed by atoms with Crippen LogP contribution >= 0.6 is 15.9 Å². The second-order valence-corrected chi connectivity index (χ2v) is 4.73. The average molecular weight is 322 g/mol. The Balaban J connectivity index is 2.43. The molecule has 98 valence electrons. The van der Waals surface area contributed by atoms with Crippen LogP contribution in [0.5, 0.6) is 11.5 Å². The number of pyridine rings is 1. The van der Waals surface area contributed by atoms with Crippen LogP contribution in [-0.2, 0) is 0 Å². The van der Waals surface area contributed by atoms with Crippen LogP contribution in [0.4, 0.5) is 0 Å². The molecule has 2 rings (SSSR count). The third-order valence-corrected chi connectivity index (χ3v) is 3.00. The first-order valence-electron chi connectivity index (χ1n) is 5.48. The van der Waals surface area contributed by atoms with E-state index >= 15 is 0 Å².